The van der Waals surface area contributed by atoms with E-state index < -0.39 is 0 Å². The fourth-order valence-electron chi connectivity index (χ4n) is 2.72. The van der Waals surface area contributed by atoms with E-state index in [4.69, 9.17) is 4.74 Å². The van der Waals surface area contributed by atoms with Gasteiger partial charge in [-0.25, -0.2) is 4.98 Å². The minimum absolute atomic E-state index is 0.0224. The van der Waals surface area contributed by atoms with E-state index in [1.54, 1.807) is 0 Å². The number of amides is 1. The number of nitrogens with one attached hydrogen (secondary N) is 1. The molecule has 0 bridgehead atoms. The van der Waals surface area contributed by atoms with Crippen molar-refractivity contribution >= 4 is 11.6 Å². The van der Waals surface area contributed by atoms with Gasteiger partial charge in [0.1, 0.15) is 11.4 Å². The summed E-state index contributed by atoms with van der Waals surface area (Å²) in [6.45, 7) is 6.63. The number of fused-ring (bicyclic) bond motifs is 1. The van der Waals surface area contributed by atoms with Gasteiger partial charge in [-0.2, -0.15) is 0 Å². The number of hydrogen-bond acceptors (Lipinski definition) is 3. The first-order valence-corrected chi connectivity index (χ1v) is 8.44. The van der Waals surface area contributed by atoms with Crippen molar-refractivity contribution in [1.82, 2.24) is 14.7 Å². The van der Waals surface area contributed by atoms with Gasteiger partial charge in [-0.05, 0) is 50.1 Å². The van der Waals surface area contributed by atoms with Crippen LogP contribution in [0.4, 0.5) is 0 Å². The first kappa shape index (κ1) is 17.0. The van der Waals surface area contributed by atoms with Crippen LogP contribution in [-0.2, 0) is 11.2 Å². The standard InChI is InChI=1S/C20H23N3O2/c1-14-6-4-8-18(16(14)3)25-13-20(24)21-11-10-17-12-23-15(2)7-5-9-19(23)22-17/h4-9,12H,10-11,13H2,1-3H3,(H,21,24). The molecular weight excluding hydrogens is 314 g/mol. The average molecular weight is 337 g/mol. The average Bonchev–Trinajstić information content (AvgIpc) is 3.01. The van der Waals surface area contributed by atoms with Gasteiger partial charge in [0.15, 0.2) is 6.61 Å². The smallest absolute Gasteiger partial charge is 0.257 e. The number of hydrogen-bond donors (Lipinski definition) is 1. The van der Waals surface area contributed by atoms with Crippen LogP contribution in [0.25, 0.3) is 5.65 Å². The fraction of sp³-hybridized carbons (Fsp3) is 0.300. The van der Waals surface area contributed by atoms with Crippen LogP contribution in [0.15, 0.2) is 42.6 Å². The van der Waals surface area contributed by atoms with E-state index in [9.17, 15) is 4.79 Å². The van der Waals surface area contributed by atoms with Crippen LogP contribution in [0.2, 0.25) is 0 Å². The highest BCUT2D eigenvalue weighted by molar-refractivity contribution is 5.77. The Kier molecular flexibility index (Phi) is 5.03. The number of pyridine rings is 1. The first-order chi connectivity index (χ1) is 12.0. The van der Waals surface area contributed by atoms with Gasteiger partial charge in [-0.15, -0.1) is 0 Å². The summed E-state index contributed by atoms with van der Waals surface area (Å²) in [4.78, 5) is 16.5. The van der Waals surface area contributed by atoms with Gasteiger partial charge in [-0.3, -0.25) is 4.79 Å². The molecule has 0 spiro atoms. The minimum atomic E-state index is -0.124. The normalized spacial score (nSPS) is 10.8. The largest absolute Gasteiger partial charge is 0.483 e. The van der Waals surface area contributed by atoms with Crippen molar-refractivity contribution < 1.29 is 9.53 Å². The maximum Gasteiger partial charge on any atom is 0.257 e. The summed E-state index contributed by atoms with van der Waals surface area (Å²) >= 11 is 0. The number of carbonyl (C=O) groups excluding carboxylic acids is 1. The lowest BCUT2D eigenvalue weighted by Gasteiger charge is -2.10. The second kappa shape index (κ2) is 7.38. The quantitative estimate of drug-likeness (QED) is 0.752. The first-order valence-electron chi connectivity index (χ1n) is 8.44. The number of ether oxygens (including phenoxy) is 1. The van der Waals surface area contributed by atoms with Crippen LogP contribution in [0, 0.1) is 20.8 Å². The second-order valence-corrected chi connectivity index (χ2v) is 6.21. The molecule has 2 aromatic heterocycles. The van der Waals surface area contributed by atoms with Crippen molar-refractivity contribution in [2.45, 2.75) is 27.2 Å². The summed E-state index contributed by atoms with van der Waals surface area (Å²) in [5.74, 6) is 0.631. The van der Waals surface area contributed by atoms with Crippen molar-refractivity contribution in [1.29, 1.82) is 0 Å². The van der Waals surface area contributed by atoms with Crippen LogP contribution in [0.3, 0.4) is 0 Å². The zero-order valence-corrected chi connectivity index (χ0v) is 14.9. The van der Waals surface area contributed by atoms with Gasteiger partial charge in [0, 0.05) is 24.9 Å². The van der Waals surface area contributed by atoms with Gasteiger partial charge in [-0.1, -0.05) is 18.2 Å². The Labute approximate surface area is 147 Å². The number of carbonyl (C=O) groups is 1. The van der Waals surface area contributed by atoms with Gasteiger partial charge in [0.2, 0.25) is 0 Å². The highest BCUT2D eigenvalue weighted by atomic mass is 16.5. The number of nitrogens with zero attached hydrogens (tertiary/aromatic N) is 2. The fourth-order valence-corrected chi connectivity index (χ4v) is 2.72. The Hall–Kier alpha value is -2.82. The van der Waals surface area contributed by atoms with Crippen LogP contribution < -0.4 is 10.1 Å². The number of aromatic nitrogens is 2. The van der Waals surface area contributed by atoms with E-state index in [2.05, 4.69) is 14.7 Å². The number of rotatable bonds is 6. The van der Waals surface area contributed by atoms with Crippen LogP contribution in [0.5, 0.6) is 5.75 Å². The molecule has 0 saturated heterocycles. The second-order valence-electron chi connectivity index (χ2n) is 6.21. The molecular formula is C20H23N3O2. The molecule has 1 aromatic carbocycles. The molecule has 0 aliphatic carbocycles. The lowest BCUT2D eigenvalue weighted by molar-refractivity contribution is -0.123. The third-order valence-electron chi connectivity index (χ3n) is 4.36. The lowest BCUT2D eigenvalue weighted by atomic mass is 10.1. The topological polar surface area (TPSA) is 55.6 Å². The van der Waals surface area contributed by atoms with Crippen molar-refractivity contribution in [3.05, 3.63) is 65.1 Å². The Morgan fingerprint density at radius 3 is 2.76 bits per heavy atom. The summed E-state index contributed by atoms with van der Waals surface area (Å²) in [6, 6.07) is 11.9. The Morgan fingerprint density at radius 2 is 1.96 bits per heavy atom. The van der Waals surface area contributed by atoms with Crippen molar-refractivity contribution in [3.8, 4) is 5.75 Å². The molecule has 0 radical (unpaired) electrons. The van der Waals surface area contributed by atoms with E-state index in [0.29, 0.717) is 13.0 Å². The summed E-state index contributed by atoms with van der Waals surface area (Å²) < 4.78 is 7.67. The molecule has 0 aliphatic heterocycles. The van der Waals surface area contributed by atoms with E-state index in [-0.39, 0.29) is 12.5 Å². The Morgan fingerprint density at radius 1 is 1.16 bits per heavy atom. The number of aryl methyl sites for hydroxylation is 2. The highest BCUT2D eigenvalue weighted by Crippen LogP contribution is 2.20. The number of benzene rings is 1. The number of imidazole rings is 1. The van der Waals surface area contributed by atoms with Crippen molar-refractivity contribution in [2.75, 3.05) is 13.2 Å². The Bertz CT molecular complexity index is 899. The summed E-state index contributed by atoms with van der Waals surface area (Å²) in [5.41, 5.74) is 5.25. The molecule has 2 heterocycles. The molecule has 0 saturated carbocycles. The zero-order chi connectivity index (χ0) is 17.8. The van der Waals surface area contributed by atoms with Gasteiger partial charge < -0.3 is 14.5 Å². The highest BCUT2D eigenvalue weighted by Gasteiger charge is 2.07. The van der Waals surface area contributed by atoms with E-state index in [1.807, 2.05) is 63.4 Å². The third kappa shape index (κ3) is 3.99. The summed E-state index contributed by atoms with van der Waals surface area (Å²) in [5, 5.41) is 2.88. The zero-order valence-electron chi connectivity index (χ0n) is 14.9. The van der Waals surface area contributed by atoms with Crippen molar-refractivity contribution in [3.63, 3.8) is 0 Å². The molecule has 5 nitrogen and oxygen atoms in total. The van der Waals surface area contributed by atoms with Gasteiger partial charge in [0.25, 0.3) is 5.91 Å². The van der Waals surface area contributed by atoms with E-state index >= 15 is 0 Å². The van der Waals surface area contributed by atoms with E-state index in [0.717, 1.165) is 33.9 Å². The molecule has 0 atom stereocenters. The molecule has 0 fully saturated rings. The molecule has 1 amide bonds. The lowest BCUT2D eigenvalue weighted by Crippen LogP contribution is -2.30. The maximum absolute atomic E-state index is 12.0. The van der Waals surface area contributed by atoms with Crippen LogP contribution in [-0.4, -0.2) is 28.4 Å². The predicted molar refractivity (Wildman–Crippen MR) is 98.1 cm³/mol. The molecule has 25 heavy (non-hydrogen) atoms. The molecule has 130 valence electrons. The molecule has 0 aliphatic rings. The summed E-state index contributed by atoms with van der Waals surface area (Å²) in [7, 11) is 0. The Balaban J connectivity index is 1.49. The maximum atomic E-state index is 12.0. The molecule has 0 unspecified atom stereocenters. The molecule has 3 aromatic rings. The summed E-state index contributed by atoms with van der Waals surface area (Å²) in [6.07, 6.45) is 2.71. The third-order valence-corrected chi connectivity index (χ3v) is 4.36. The van der Waals surface area contributed by atoms with Crippen molar-refractivity contribution in [2.24, 2.45) is 0 Å². The van der Waals surface area contributed by atoms with Crippen LogP contribution in [0.1, 0.15) is 22.5 Å². The SMILES string of the molecule is Cc1cccc(OCC(=O)NCCc2cn3c(C)cccc3n2)c1C. The van der Waals surface area contributed by atoms with Gasteiger partial charge >= 0.3 is 0 Å². The van der Waals surface area contributed by atoms with Gasteiger partial charge in [0.05, 0.1) is 5.69 Å². The minimum Gasteiger partial charge on any atom is -0.483 e. The monoisotopic (exact) mass is 337 g/mol. The van der Waals surface area contributed by atoms with Crippen LogP contribution >= 0.6 is 0 Å². The predicted octanol–water partition coefficient (Wildman–Crippen LogP) is 3.00. The molecule has 3 rings (SSSR count). The molecule has 5 heteroatoms. The van der Waals surface area contributed by atoms with E-state index in [1.165, 1.54) is 0 Å². The molecule has 1 N–H and O–H groups in total.